The number of amides is 1. The number of nitrogens with zero attached hydrogens (tertiary/aromatic N) is 3. The van der Waals surface area contributed by atoms with Gasteiger partial charge in [0.15, 0.2) is 0 Å². The number of benzene rings is 1. The summed E-state index contributed by atoms with van der Waals surface area (Å²) in [5.74, 6) is 0.480. The lowest BCUT2D eigenvalue weighted by Crippen LogP contribution is -2.27. The lowest BCUT2D eigenvalue weighted by Gasteiger charge is -2.22. The van der Waals surface area contributed by atoms with Crippen molar-refractivity contribution in [3.8, 4) is 0 Å². The lowest BCUT2D eigenvalue weighted by molar-refractivity contribution is -0.129. The van der Waals surface area contributed by atoms with E-state index in [1.54, 1.807) is 17.1 Å². The Kier molecular flexibility index (Phi) is 9.67. The Bertz CT molecular complexity index is 943. The summed E-state index contributed by atoms with van der Waals surface area (Å²) in [5, 5.41) is 8.51. The van der Waals surface area contributed by atoms with Crippen LogP contribution in [0.5, 0.6) is 0 Å². The molecule has 0 fully saturated rings. The number of aromatic nitrogens is 2. The third kappa shape index (κ3) is 6.47. The van der Waals surface area contributed by atoms with E-state index in [-0.39, 0.29) is 17.3 Å². The monoisotopic (exact) mass is 478 g/mol. The molecule has 0 bridgehead atoms. The first-order valence-corrected chi connectivity index (χ1v) is 12.5. The van der Waals surface area contributed by atoms with E-state index in [1.165, 1.54) is 0 Å². The van der Waals surface area contributed by atoms with Crippen molar-refractivity contribution >= 4 is 55.7 Å². The molecule has 2 rings (SSSR count). The van der Waals surface area contributed by atoms with Crippen LogP contribution in [0.25, 0.3) is 11.0 Å². The van der Waals surface area contributed by atoms with Crippen LogP contribution in [0.15, 0.2) is 23.4 Å². The number of hydrogen-bond donors (Lipinski definition) is 2. The molecule has 0 aliphatic rings. The summed E-state index contributed by atoms with van der Waals surface area (Å²) in [6, 6.07) is 5.64. The zero-order valence-corrected chi connectivity index (χ0v) is 19.3. The topological polar surface area (TPSA) is 105 Å². The SMILES string of the molecule is Cn1c(S(=O)(=O)CCCCCCC(=O)NO)nc2cc(N(CCCl)CCCl)ccc21. The number of sulfone groups is 1. The van der Waals surface area contributed by atoms with E-state index in [9.17, 15) is 13.2 Å². The highest BCUT2D eigenvalue weighted by Gasteiger charge is 2.22. The molecule has 0 atom stereocenters. The van der Waals surface area contributed by atoms with Crippen LogP contribution >= 0.6 is 23.2 Å². The lowest BCUT2D eigenvalue weighted by atomic mass is 10.1. The second-order valence-corrected chi connectivity index (χ2v) is 9.77. The molecule has 2 N–H and O–H groups in total. The van der Waals surface area contributed by atoms with Crippen LogP contribution in [0.4, 0.5) is 5.69 Å². The van der Waals surface area contributed by atoms with Crippen molar-refractivity contribution in [1.29, 1.82) is 0 Å². The van der Waals surface area contributed by atoms with Crippen LogP contribution in [0, 0.1) is 0 Å². The van der Waals surface area contributed by atoms with Gasteiger partial charge < -0.3 is 9.47 Å². The molecule has 0 saturated carbocycles. The van der Waals surface area contributed by atoms with Crippen molar-refractivity contribution in [3.63, 3.8) is 0 Å². The average Bonchev–Trinajstić information content (AvgIpc) is 3.07. The Hall–Kier alpha value is -1.55. The molecule has 0 spiro atoms. The largest absolute Gasteiger partial charge is 0.369 e. The van der Waals surface area contributed by atoms with Gasteiger partial charge >= 0.3 is 0 Å². The average molecular weight is 479 g/mol. The molecule has 0 radical (unpaired) electrons. The molecule has 0 saturated heterocycles. The Morgan fingerprint density at radius 2 is 1.83 bits per heavy atom. The molecule has 2 aromatic rings. The number of fused-ring (bicyclic) bond motifs is 1. The molecule has 0 aliphatic heterocycles. The van der Waals surface area contributed by atoms with Gasteiger partial charge in [0.2, 0.25) is 20.9 Å². The molecule has 8 nitrogen and oxygen atoms in total. The van der Waals surface area contributed by atoms with E-state index >= 15 is 0 Å². The highest BCUT2D eigenvalue weighted by molar-refractivity contribution is 7.91. The summed E-state index contributed by atoms with van der Waals surface area (Å²) in [6.07, 6.45) is 2.70. The highest BCUT2D eigenvalue weighted by Crippen LogP contribution is 2.25. The smallest absolute Gasteiger partial charge is 0.243 e. The van der Waals surface area contributed by atoms with Crippen molar-refractivity contribution in [1.82, 2.24) is 15.0 Å². The number of carbonyl (C=O) groups is 1. The molecule has 168 valence electrons. The number of unbranched alkanes of at least 4 members (excludes halogenated alkanes) is 3. The van der Waals surface area contributed by atoms with E-state index in [4.69, 9.17) is 28.4 Å². The minimum atomic E-state index is -3.54. The number of halogens is 2. The number of imidazole rings is 1. The third-order valence-corrected chi connectivity index (χ3v) is 6.95. The molecule has 0 unspecified atom stereocenters. The number of rotatable bonds is 13. The number of aryl methyl sites for hydroxylation is 1. The summed E-state index contributed by atoms with van der Waals surface area (Å²) < 4.78 is 27.2. The van der Waals surface area contributed by atoms with E-state index in [0.29, 0.717) is 56.0 Å². The zero-order chi connectivity index (χ0) is 22.1. The van der Waals surface area contributed by atoms with Gasteiger partial charge in [-0.05, 0) is 31.0 Å². The van der Waals surface area contributed by atoms with Crippen LogP contribution < -0.4 is 10.4 Å². The highest BCUT2D eigenvalue weighted by atomic mass is 35.5. The molecular weight excluding hydrogens is 451 g/mol. The minimum Gasteiger partial charge on any atom is -0.369 e. The van der Waals surface area contributed by atoms with Crippen LogP contribution in [0.2, 0.25) is 0 Å². The van der Waals surface area contributed by atoms with Crippen molar-refractivity contribution in [2.75, 3.05) is 35.5 Å². The van der Waals surface area contributed by atoms with Gasteiger partial charge in [0.25, 0.3) is 0 Å². The van der Waals surface area contributed by atoms with Gasteiger partial charge in [-0.1, -0.05) is 12.8 Å². The fourth-order valence-electron chi connectivity index (χ4n) is 3.29. The Balaban J connectivity index is 2.08. The zero-order valence-electron chi connectivity index (χ0n) is 17.0. The summed E-state index contributed by atoms with van der Waals surface area (Å²) >= 11 is 11.8. The van der Waals surface area contributed by atoms with Crippen LogP contribution in [0.3, 0.4) is 0 Å². The van der Waals surface area contributed by atoms with Gasteiger partial charge in [-0.2, -0.15) is 0 Å². The maximum absolute atomic E-state index is 12.8. The second-order valence-electron chi connectivity index (χ2n) is 7.01. The first-order chi connectivity index (χ1) is 14.3. The van der Waals surface area contributed by atoms with Crippen LogP contribution in [-0.4, -0.2) is 59.7 Å². The molecule has 0 aliphatic carbocycles. The van der Waals surface area contributed by atoms with Gasteiger partial charge in [0, 0.05) is 44.0 Å². The molecule has 30 heavy (non-hydrogen) atoms. The maximum atomic E-state index is 12.8. The molecular formula is C19H28Cl2N4O4S. The van der Waals surface area contributed by atoms with E-state index in [0.717, 1.165) is 11.2 Å². The minimum absolute atomic E-state index is 0.00611. The van der Waals surface area contributed by atoms with Gasteiger partial charge in [0.05, 0.1) is 16.8 Å². The Morgan fingerprint density at radius 3 is 2.47 bits per heavy atom. The number of carbonyl (C=O) groups excluding carboxylic acids is 1. The quantitative estimate of drug-likeness (QED) is 0.198. The van der Waals surface area contributed by atoms with E-state index in [1.807, 2.05) is 23.1 Å². The van der Waals surface area contributed by atoms with Gasteiger partial charge in [0.1, 0.15) is 0 Å². The number of anilines is 1. The summed E-state index contributed by atoms with van der Waals surface area (Å²) in [4.78, 5) is 17.4. The molecule has 1 aromatic carbocycles. The standard InChI is InChI=1S/C19H28Cl2N4O4S/c1-24-17-8-7-15(25(11-9-20)12-10-21)14-16(17)22-19(24)30(28,29)13-5-3-2-4-6-18(26)23-27/h7-8,14,27H,2-6,9-13H2,1H3,(H,23,26). The Morgan fingerprint density at radius 1 is 1.17 bits per heavy atom. The Labute approximate surface area is 187 Å². The van der Waals surface area contributed by atoms with Crippen molar-refractivity contribution < 1.29 is 18.4 Å². The van der Waals surface area contributed by atoms with Crippen molar-refractivity contribution in [3.05, 3.63) is 18.2 Å². The molecule has 1 amide bonds. The first-order valence-electron chi connectivity index (χ1n) is 9.83. The number of hydrogen-bond acceptors (Lipinski definition) is 6. The molecule has 11 heteroatoms. The van der Waals surface area contributed by atoms with Gasteiger partial charge in [-0.3, -0.25) is 10.0 Å². The predicted molar refractivity (Wildman–Crippen MR) is 119 cm³/mol. The predicted octanol–water partition coefficient (Wildman–Crippen LogP) is 3.09. The first kappa shape index (κ1) is 24.7. The maximum Gasteiger partial charge on any atom is 0.243 e. The van der Waals surface area contributed by atoms with E-state index in [2.05, 4.69) is 4.98 Å². The van der Waals surface area contributed by atoms with Crippen molar-refractivity contribution in [2.45, 2.75) is 37.3 Å². The summed E-state index contributed by atoms with van der Waals surface area (Å²) in [5.41, 5.74) is 3.83. The summed E-state index contributed by atoms with van der Waals surface area (Å²) in [6.45, 7) is 1.27. The van der Waals surface area contributed by atoms with Crippen LogP contribution in [0.1, 0.15) is 32.1 Å². The van der Waals surface area contributed by atoms with Gasteiger partial charge in [-0.15, -0.1) is 23.2 Å². The number of nitrogens with one attached hydrogen (secondary N) is 1. The van der Waals surface area contributed by atoms with Crippen molar-refractivity contribution in [2.24, 2.45) is 7.05 Å². The molecule has 1 aromatic heterocycles. The second kappa shape index (κ2) is 11.7. The van der Waals surface area contributed by atoms with Crippen LogP contribution in [-0.2, 0) is 21.7 Å². The summed E-state index contributed by atoms with van der Waals surface area (Å²) in [7, 11) is -1.84. The number of hydroxylamine groups is 1. The number of alkyl halides is 2. The van der Waals surface area contributed by atoms with E-state index < -0.39 is 15.7 Å². The third-order valence-electron chi connectivity index (χ3n) is 4.87. The van der Waals surface area contributed by atoms with Gasteiger partial charge in [-0.25, -0.2) is 18.9 Å². The molecule has 1 heterocycles. The fraction of sp³-hybridized carbons (Fsp3) is 0.579. The fourth-order valence-corrected chi connectivity index (χ4v) is 5.22. The normalized spacial score (nSPS) is 11.7.